The molecule has 0 saturated carbocycles. The zero-order chi connectivity index (χ0) is 37.4. The predicted octanol–water partition coefficient (Wildman–Crippen LogP) is 7.65. The Morgan fingerprint density at radius 3 is 0.778 bits per heavy atom. The molecule has 54 heavy (non-hydrogen) atoms. The Balaban J connectivity index is 0.000000239. The van der Waals surface area contributed by atoms with Crippen molar-refractivity contribution >= 4 is 110 Å². The summed E-state index contributed by atoms with van der Waals surface area (Å²) < 4.78 is 2.21. The van der Waals surface area contributed by atoms with Gasteiger partial charge >= 0.3 is 0 Å². The van der Waals surface area contributed by atoms with E-state index in [0.29, 0.717) is 0 Å². The van der Waals surface area contributed by atoms with E-state index < -0.39 is 25.7 Å². The molecule has 0 aliphatic carbocycles. The first-order valence-electron chi connectivity index (χ1n) is 18.0. The molecule has 0 radical (unpaired) electrons. The molecule has 0 saturated heterocycles. The van der Waals surface area contributed by atoms with Crippen LogP contribution in [-0.2, 0) is 0 Å². The minimum atomic E-state index is -1.54. The van der Waals surface area contributed by atoms with Crippen LogP contribution in [0, 0.1) is 0 Å². The lowest BCUT2D eigenvalue weighted by Crippen LogP contribution is -2.56. The minimum absolute atomic E-state index is 0. The average Bonchev–Trinajstić information content (AvgIpc) is 3.24. The predicted molar refractivity (Wildman–Crippen MR) is 256 cm³/mol. The fraction of sp³-hybridized carbons (Fsp3) is 0. The largest absolute Gasteiger partial charge is 0.201 e. The van der Waals surface area contributed by atoms with Crippen LogP contribution in [0.15, 0.2) is 239 Å². The Bertz CT molecular complexity index is 2040. The Morgan fingerprint density at radius 1 is 0.278 bits per heavy atom. The number of rotatable bonds is 8. The van der Waals surface area contributed by atoms with Gasteiger partial charge in [-0.2, -0.15) is 11.1 Å². The molecule has 0 spiro atoms. The average molecular weight is 901 g/mol. The zero-order valence-electron chi connectivity index (χ0n) is 29.8. The van der Waals surface area contributed by atoms with Gasteiger partial charge in [0.1, 0.15) is 17.6 Å². The van der Waals surface area contributed by atoms with Crippen LogP contribution >= 0.6 is 42.9 Å². The van der Waals surface area contributed by atoms with Crippen molar-refractivity contribution in [1.82, 2.24) is 0 Å². The van der Waals surface area contributed by atoms with Crippen molar-refractivity contribution in [2.24, 2.45) is 0 Å². The highest BCUT2D eigenvalue weighted by Crippen LogP contribution is 2.15. The Labute approximate surface area is 349 Å². The minimum Gasteiger partial charge on any atom is -0.159 e. The molecule has 0 aromatic heterocycles. The van der Waals surface area contributed by atoms with E-state index in [0.717, 1.165) is 8.95 Å². The van der Waals surface area contributed by atoms with Gasteiger partial charge in [0.05, 0.1) is 0 Å². The van der Waals surface area contributed by atoms with Crippen LogP contribution in [-0.4, -0.2) is 25.7 Å². The van der Waals surface area contributed by atoms with E-state index in [4.69, 9.17) is 11.1 Å². The molecule has 8 aromatic carbocycles. The maximum absolute atomic E-state index is 6.47. The molecular formula is C48H45Br2ClSi3. The summed E-state index contributed by atoms with van der Waals surface area (Å²) in [6.07, 6.45) is 0. The number of halogens is 3. The molecule has 0 bridgehead atoms. The molecule has 270 valence electrons. The first kappa shape index (κ1) is 39.4. The molecule has 0 unspecified atom stereocenters. The van der Waals surface area contributed by atoms with Gasteiger partial charge in [0, 0.05) is 11.8 Å². The maximum atomic E-state index is 6.47. The van der Waals surface area contributed by atoms with Crippen molar-refractivity contribution in [2.45, 2.75) is 0 Å². The third-order valence-corrected chi connectivity index (χ3v) is 19.8. The van der Waals surface area contributed by atoms with E-state index in [1.165, 1.54) is 41.5 Å². The molecule has 8 aromatic rings. The van der Waals surface area contributed by atoms with E-state index in [2.05, 4.69) is 202 Å². The van der Waals surface area contributed by atoms with Gasteiger partial charge in [-0.05, 0) is 28.6 Å². The van der Waals surface area contributed by atoms with Crippen molar-refractivity contribution in [1.29, 1.82) is 0 Å². The summed E-state index contributed by atoms with van der Waals surface area (Å²) in [5, 5.41) is 11.4. The normalized spacial score (nSPS) is 10.6. The summed E-state index contributed by atoms with van der Waals surface area (Å²) in [5.74, 6) is 0. The third kappa shape index (κ3) is 11.3. The third-order valence-electron chi connectivity index (χ3n) is 9.08. The second-order valence-corrected chi connectivity index (χ2v) is 23.7. The van der Waals surface area contributed by atoms with Crippen LogP contribution in [0.25, 0.3) is 0 Å². The molecule has 6 heteroatoms. The van der Waals surface area contributed by atoms with Crippen LogP contribution in [0.3, 0.4) is 0 Å². The quantitative estimate of drug-likeness (QED) is 0.0837. The first-order valence-corrected chi connectivity index (χ1v) is 26.0. The highest BCUT2D eigenvalue weighted by atomic mass is 79.9. The van der Waals surface area contributed by atoms with Crippen molar-refractivity contribution in [3.63, 3.8) is 0 Å². The van der Waals surface area contributed by atoms with E-state index in [1.807, 2.05) is 60.7 Å². The first-order chi connectivity index (χ1) is 26.6. The van der Waals surface area contributed by atoms with Gasteiger partial charge in [0.2, 0.25) is 8.11 Å². The zero-order valence-corrected chi connectivity index (χ0v) is 37.2. The molecule has 0 aliphatic rings. The lowest BCUT2D eigenvalue weighted by atomic mass is 10.3. The van der Waals surface area contributed by atoms with Crippen molar-refractivity contribution in [3.8, 4) is 0 Å². The van der Waals surface area contributed by atoms with Crippen LogP contribution in [0.5, 0.6) is 0 Å². The van der Waals surface area contributed by atoms with Gasteiger partial charge in [0.15, 0.2) is 0 Å². The topological polar surface area (TPSA) is 0 Å². The van der Waals surface area contributed by atoms with Gasteiger partial charge in [-0.15, -0.1) is 0 Å². The summed E-state index contributed by atoms with van der Waals surface area (Å²) in [5.41, 5.74) is 0. The standard InChI is InChI=1S/C30H26Si2.C12H11ClSi.C6H4Br2.2H2/c1-5-14-25(15-6-1)31(26-16-7-2-8-17-26)29-22-13-23-30(24-29)32(27-18-9-3-10-19-27)28-20-11-4-12-21-28;13-14(11-7-3-1-4-8-11)12-9-5-2-6-10-12;7-5-2-1-3-6(8)4-5;;/h1-24,31-32H;1-10,14H;1-4H;2*1H. The molecule has 0 heterocycles. The fourth-order valence-electron chi connectivity index (χ4n) is 6.55. The van der Waals surface area contributed by atoms with E-state index in [9.17, 15) is 0 Å². The molecule has 0 fully saturated rings. The van der Waals surface area contributed by atoms with E-state index >= 15 is 0 Å². The number of hydrogen-bond donors (Lipinski definition) is 0. The van der Waals surface area contributed by atoms with Crippen LogP contribution < -0.4 is 41.5 Å². The lowest BCUT2D eigenvalue weighted by Gasteiger charge is -2.21. The molecule has 0 N–H and O–H groups in total. The fourth-order valence-corrected chi connectivity index (χ4v) is 16.3. The SMILES string of the molecule is Brc1cccc(Br)c1.Cl[SiH](c1ccccc1)c1ccccc1.[HH].[HH].c1ccc([SiH](c2ccccc2)c2cccc([SiH](c3ccccc3)c3ccccc3)c2)cc1. The highest BCUT2D eigenvalue weighted by molar-refractivity contribution is 9.11. The van der Waals surface area contributed by atoms with Crippen molar-refractivity contribution in [3.05, 3.63) is 239 Å². The lowest BCUT2D eigenvalue weighted by molar-refractivity contribution is 1.60. The van der Waals surface area contributed by atoms with E-state index in [1.54, 1.807) is 0 Å². The Morgan fingerprint density at radius 2 is 0.519 bits per heavy atom. The van der Waals surface area contributed by atoms with E-state index in [-0.39, 0.29) is 2.85 Å². The number of benzene rings is 8. The van der Waals surface area contributed by atoms with Crippen molar-refractivity contribution < 1.29 is 2.85 Å². The van der Waals surface area contributed by atoms with Crippen LogP contribution in [0.1, 0.15) is 2.85 Å². The smallest absolute Gasteiger partial charge is 0.159 e. The molecule has 0 atom stereocenters. The van der Waals surface area contributed by atoms with Crippen molar-refractivity contribution in [2.75, 3.05) is 0 Å². The van der Waals surface area contributed by atoms with Gasteiger partial charge in [-0.3, -0.25) is 0 Å². The van der Waals surface area contributed by atoms with Gasteiger partial charge in [-0.1, -0.05) is 275 Å². The van der Waals surface area contributed by atoms with Gasteiger partial charge < -0.3 is 0 Å². The number of hydrogen-bond acceptors (Lipinski definition) is 0. The monoisotopic (exact) mass is 898 g/mol. The van der Waals surface area contributed by atoms with Gasteiger partial charge in [-0.25, -0.2) is 0 Å². The summed E-state index contributed by atoms with van der Waals surface area (Å²) >= 11 is 13.1. The maximum Gasteiger partial charge on any atom is 0.201 e. The summed E-state index contributed by atoms with van der Waals surface area (Å²) in [4.78, 5) is 0. The Hall–Kier alpha value is -4.34. The summed E-state index contributed by atoms with van der Waals surface area (Å²) in [6.45, 7) is 0. The molecular weight excluding hydrogens is 856 g/mol. The Kier molecular flexibility index (Phi) is 15.3. The molecule has 8 rings (SSSR count). The second-order valence-electron chi connectivity index (χ2n) is 12.8. The molecule has 0 aliphatic heterocycles. The molecule has 0 nitrogen and oxygen atoms in total. The second kappa shape index (κ2) is 20.9. The summed E-state index contributed by atoms with van der Waals surface area (Å²) in [7, 11) is -4.53. The summed E-state index contributed by atoms with van der Waals surface area (Å²) in [6, 6.07) is 82.4. The van der Waals surface area contributed by atoms with Crippen LogP contribution in [0.4, 0.5) is 0 Å². The van der Waals surface area contributed by atoms with Crippen LogP contribution in [0.2, 0.25) is 0 Å². The molecule has 0 amide bonds. The highest BCUT2D eigenvalue weighted by Gasteiger charge is 2.23. The van der Waals surface area contributed by atoms with Gasteiger partial charge in [0.25, 0.3) is 0 Å².